The van der Waals surface area contributed by atoms with Crippen LogP contribution in [-0.2, 0) is 9.59 Å². The number of carboxylic acids is 1. The van der Waals surface area contributed by atoms with E-state index in [0.717, 1.165) is 12.8 Å². The SMILES string of the molecule is CSCCCCCCNC(=O)C(C)(C)C(=O)O. The average Bonchev–Trinajstić information content (AvgIpc) is 2.27. The van der Waals surface area contributed by atoms with Gasteiger partial charge in [-0.1, -0.05) is 12.8 Å². The summed E-state index contributed by atoms with van der Waals surface area (Å²) in [5.41, 5.74) is -1.33. The molecule has 0 aliphatic carbocycles. The second-order valence-corrected chi connectivity index (χ2v) is 5.58. The molecule has 0 aliphatic heterocycles. The van der Waals surface area contributed by atoms with Gasteiger partial charge in [-0.2, -0.15) is 11.8 Å². The summed E-state index contributed by atoms with van der Waals surface area (Å²) in [6.45, 7) is 3.40. The Morgan fingerprint density at radius 1 is 1.18 bits per heavy atom. The molecule has 0 bridgehead atoms. The number of aliphatic carboxylic acids is 1. The van der Waals surface area contributed by atoms with E-state index in [4.69, 9.17) is 5.11 Å². The lowest BCUT2D eigenvalue weighted by molar-refractivity contribution is -0.153. The van der Waals surface area contributed by atoms with Crippen molar-refractivity contribution in [3.05, 3.63) is 0 Å². The lowest BCUT2D eigenvalue weighted by Gasteiger charge is -2.18. The topological polar surface area (TPSA) is 66.4 Å². The van der Waals surface area contributed by atoms with Crippen LogP contribution in [0.1, 0.15) is 39.5 Å². The van der Waals surface area contributed by atoms with Crippen molar-refractivity contribution in [3.63, 3.8) is 0 Å². The Morgan fingerprint density at radius 2 is 1.76 bits per heavy atom. The van der Waals surface area contributed by atoms with Gasteiger partial charge in [0, 0.05) is 6.54 Å². The van der Waals surface area contributed by atoms with Crippen molar-refractivity contribution in [3.8, 4) is 0 Å². The number of carbonyl (C=O) groups excluding carboxylic acids is 1. The zero-order valence-electron chi connectivity index (χ0n) is 10.9. The second-order valence-electron chi connectivity index (χ2n) is 4.59. The molecule has 4 nitrogen and oxygen atoms in total. The number of carbonyl (C=O) groups is 2. The molecule has 0 aliphatic rings. The van der Waals surface area contributed by atoms with E-state index < -0.39 is 17.3 Å². The molecule has 0 spiro atoms. The Labute approximate surface area is 108 Å². The summed E-state index contributed by atoms with van der Waals surface area (Å²) in [4.78, 5) is 22.4. The van der Waals surface area contributed by atoms with Crippen LogP contribution < -0.4 is 5.32 Å². The maximum Gasteiger partial charge on any atom is 0.318 e. The maximum atomic E-state index is 11.5. The highest BCUT2D eigenvalue weighted by atomic mass is 32.2. The monoisotopic (exact) mass is 261 g/mol. The fraction of sp³-hybridized carbons (Fsp3) is 0.833. The van der Waals surface area contributed by atoms with Crippen LogP contribution in [0.4, 0.5) is 0 Å². The van der Waals surface area contributed by atoms with E-state index >= 15 is 0 Å². The van der Waals surface area contributed by atoms with Gasteiger partial charge in [-0.05, 0) is 38.7 Å². The lowest BCUT2D eigenvalue weighted by atomic mass is 9.92. The van der Waals surface area contributed by atoms with Gasteiger partial charge in [0.2, 0.25) is 5.91 Å². The minimum atomic E-state index is -1.33. The Kier molecular flexibility index (Phi) is 8.04. The Bertz CT molecular complexity index is 254. The van der Waals surface area contributed by atoms with Crippen LogP contribution in [-0.4, -0.2) is 35.5 Å². The van der Waals surface area contributed by atoms with Gasteiger partial charge in [0.1, 0.15) is 5.41 Å². The van der Waals surface area contributed by atoms with E-state index in [0.29, 0.717) is 6.54 Å². The van der Waals surface area contributed by atoms with Gasteiger partial charge in [0.15, 0.2) is 0 Å². The molecule has 5 heteroatoms. The molecule has 0 saturated heterocycles. The van der Waals surface area contributed by atoms with E-state index in [-0.39, 0.29) is 0 Å². The quantitative estimate of drug-likeness (QED) is 0.493. The Balaban J connectivity index is 3.62. The molecule has 0 aromatic heterocycles. The van der Waals surface area contributed by atoms with E-state index in [1.54, 1.807) is 0 Å². The van der Waals surface area contributed by atoms with Crippen molar-refractivity contribution >= 4 is 23.6 Å². The van der Waals surface area contributed by atoms with Gasteiger partial charge in [-0.15, -0.1) is 0 Å². The van der Waals surface area contributed by atoms with Crippen molar-refractivity contribution in [2.24, 2.45) is 5.41 Å². The molecule has 0 radical (unpaired) electrons. The third-order valence-corrected chi connectivity index (χ3v) is 3.36. The second kappa shape index (κ2) is 8.39. The molecule has 0 fully saturated rings. The first-order chi connectivity index (χ1) is 7.92. The lowest BCUT2D eigenvalue weighted by Crippen LogP contribution is -2.42. The molecule has 0 heterocycles. The third-order valence-electron chi connectivity index (χ3n) is 2.66. The summed E-state index contributed by atoms with van der Waals surface area (Å²) in [7, 11) is 0. The molecule has 1 amide bonds. The Morgan fingerprint density at radius 3 is 2.29 bits per heavy atom. The number of rotatable bonds is 9. The molecule has 2 N–H and O–H groups in total. The number of thioether (sulfide) groups is 1. The zero-order valence-corrected chi connectivity index (χ0v) is 11.7. The number of hydrogen-bond acceptors (Lipinski definition) is 3. The largest absolute Gasteiger partial charge is 0.480 e. The van der Waals surface area contributed by atoms with Crippen molar-refractivity contribution in [1.29, 1.82) is 0 Å². The average molecular weight is 261 g/mol. The summed E-state index contributed by atoms with van der Waals surface area (Å²) in [6.07, 6.45) is 6.45. The molecule has 0 atom stereocenters. The highest BCUT2D eigenvalue weighted by Crippen LogP contribution is 2.15. The fourth-order valence-corrected chi connectivity index (χ4v) is 1.74. The third kappa shape index (κ3) is 6.56. The minimum Gasteiger partial charge on any atom is -0.480 e. The Hall–Kier alpha value is -0.710. The zero-order chi connectivity index (χ0) is 13.3. The first-order valence-corrected chi connectivity index (χ1v) is 7.33. The molecule has 0 unspecified atom stereocenters. The number of nitrogens with one attached hydrogen (secondary N) is 1. The first-order valence-electron chi connectivity index (χ1n) is 5.93. The number of carboxylic acid groups (broad SMARTS) is 1. The molecule has 17 heavy (non-hydrogen) atoms. The van der Waals surface area contributed by atoms with Crippen molar-refractivity contribution in [2.75, 3.05) is 18.6 Å². The van der Waals surface area contributed by atoms with Crippen LogP contribution in [0, 0.1) is 5.41 Å². The highest BCUT2D eigenvalue weighted by Gasteiger charge is 2.35. The van der Waals surface area contributed by atoms with E-state index in [9.17, 15) is 9.59 Å². The summed E-state index contributed by atoms with van der Waals surface area (Å²) in [5.74, 6) is -0.317. The standard InChI is InChI=1S/C12H23NO3S/c1-12(2,11(15)16)10(14)13-8-6-4-5-7-9-17-3/h4-9H2,1-3H3,(H,13,14)(H,15,16). The van der Waals surface area contributed by atoms with Gasteiger partial charge in [0.25, 0.3) is 0 Å². The van der Waals surface area contributed by atoms with Crippen LogP contribution in [0.5, 0.6) is 0 Å². The highest BCUT2D eigenvalue weighted by molar-refractivity contribution is 7.98. The van der Waals surface area contributed by atoms with Gasteiger partial charge in [0.05, 0.1) is 0 Å². The number of hydrogen-bond donors (Lipinski definition) is 2. The van der Waals surface area contributed by atoms with Crippen LogP contribution in [0.15, 0.2) is 0 Å². The van der Waals surface area contributed by atoms with Gasteiger partial charge in [-0.25, -0.2) is 0 Å². The van der Waals surface area contributed by atoms with E-state index in [1.165, 1.54) is 32.4 Å². The summed E-state index contributed by atoms with van der Waals surface area (Å²) >= 11 is 1.84. The van der Waals surface area contributed by atoms with E-state index in [2.05, 4.69) is 11.6 Å². The van der Waals surface area contributed by atoms with Crippen molar-refractivity contribution < 1.29 is 14.7 Å². The summed E-state index contributed by atoms with van der Waals surface area (Å²) in [5, 5.41) is 11.5. The van der Waals surface area contributed by atoms with Crippen LogP contribution in [0.25, 0.3) is 0 Å². The molecule has 0 saturated carbocycles. The molecule has 0 aromatic rings. The predicted octanol–water partition coefficient (Wildman–Crippen LogP) is 2.14. The molecular formula is C12H23NO3S. The fourth-order valence-electron chi connectivity index (χ4n) is 1.24. The predicted molar refractivity (Wildman–Crippen MR) is 71.3 cm³/mol. The summed E-state index contributed by atoms with van der Waals surface area (Å²) < 4.78 is 0. The van der Waals surface area contributed by atoms with Crippen molar-refractivity contribution in [1.82, 2.24) is 5.32 Å². The normalized spacial score (nSPS) is 11.2. The van der Waals surface area contributed by atoms with Crippen LogP contribution >= 0.6 is 11.8 Å². The van der Waals surface area contributed by atoms with Crippen LogP contribution in [0.2, 0.25) is 0 Å². The van der Waals surface area contributed by atoms with E-state index in [1.807, 2.05) is 11.8 Å². The van der Waals surface area contributed by atoms with Crippen LogP contribution in [0.3, 0.4) is 0 Å². The van der Waals surface area contributed by atoms with Gasteiger partial charge < -0.3 is 10.4 Å². The van der Waals surface area contributed by atoms with Gasteiger partial charge in [-0.3, -0.25) is 9.59 Å². The molecule has 100 valence electrons. The molecule has 0 rings (SSSR count). The summed E-state index contributed by atoms with van der Waals surface area (Å²) in [6, 6.07) is 0. The first kappa shape index (κ1) is 16.3. The number of unbranched alkanes of at least 4 members (excludes halogenated alkanes) is 3. The smallest absolute Gasteiger partial charge is 0.318 e. The van der Waals surface area contributed by atoms with Gasteiger partial charge >= 0.3 is 5.97 Å². The van der Waals surface area contributed by atoms with Crippen molar-refractivity contribution in [2.45, 2.75) is 39.5 Å². The minimum absolute atomic E-state index is 0.408. The maximum absolute atomic E-state index is 11.5. The molecular weight excluding hydrogens is 238 g/mol. The molecule has 0 aromatic carbocycles. The number of amides is 1.